The van der Waals surface area contributed by atoms with Gasteiger partial charge in [-0.15, -0.1) is 0 Å². The number of carbonyl (C=O) groups is 4. The number of anilines is 1. The summed E-state index contributed by atoms with van der Waals surface area (Å²) in [6.45, 7) is 2.30. The highest BCUT2D eigenvalue weighted by Gasteiger charge is 2.36. The summed E-state index contributed by atoms with van der Waals surface area (Å²) in [5.74, 6) is 0.0915. The van der Waals surface area contributed by atoms with Crippen molar-refractivity contribution in [2.45, 2.75) is 6.92 Å². The fraction of sp³-hybridized carbons (Fsp3) is 0.185. The van der Waals surface area contributed by atoms with E-state index in [0.717, 1.165) is 4.90 Å². The number of nitrogens with one attached hydrogen (secondary N) is 1. The third-order valence-corrected chi connectivity index (χ3v) is 6.88. The molecule has 5 rings (SSSR count). The van der Waals surface area contributed by atoms with Crippen LogP contribution < -0.4 is 14.8 Å². The smallest absolute Gasteiger partial charge is 0.339 e. The van der Waals surface area contributed by atoms with Crippen LogP contribution in [0.2, 0.25) is 5.02 Å². The van der Waals surface area contributed by atoms with Crippen LogP contribution in [0.1, 0.15) is 23.0 Å². The minimum Gasteiger partial charge on any atom is -0.486 e. The number of hydrogen-bond donors (Lipinski definition) is 1. The van der Waals surface area contributed by atoms with Crippen LogP contribution >= 0.6 is 23.4 Å². The van der Waals surface area contributed by atoms with Crippen LogP contribution in [0.15, 0.2) is 57.9 Å². The van der Waals surface area contributed by atoms with E-state index in [2.05, 4.69) is 5.32 Å². The first kappa shape index (κ1) is 26.4. The fourth-order valence-electron chi connectivity index (χ4n) is 3.86. The predicted octanol–water partition coefficient (Wildman–Crippen LogP) is 5.22. The molecule has 0 bridgehead atoms. The Kier molecular flexibility index (Phi) is 7.62. The van der Waals surface area contributed by atoms with Gasteiger partial charge in [0.15, 0.2) is 11.5 Å². The minimum absolute atomic E-state index is 0.108. The normalized spacial score (nSPS) is 15.5. The van der Waals surface area contributed by atoms with Crippen LogP contribution in [0, 0.1) is 0 Å². The Labute approximate surface area is 231 Å². The Morgan fingerprint density at radius 2 is 1.87 bits per heavy atom. The number of benzene rings is 2. The Bertz CT molecular complexity index is 1520. The maximum Gasteiger partial charge on any atom is 0.339 e. The first-order valence-corrected chi connectivity index (χ1v) is 13.0. The topological polar surface area (TPSA) is 124 Å². The van der Waals surface area contributed by atoms with E-state index in [9.17, 15) is 19.2 Å². The van der Waals surface area contributed by atoms with Crippen LogP contribution in [0.25, 0.3) is 17.4 Å². The molecule has 0 radical (unpaired) electrons. The average molecular weight is 569 g/mol. The summed E-state index contributed by atoms with van der Waals surface area (Å²) in [6, 6.07) is 13.0. The number of esters is 1. The molecule has 39 heavy (non-hydrogen) atoms. The number of rotatable bonds is 7. The monoisotopic (exact) mass is 568 g/mol. The zero-order valence-corrected chi connectivity index (χ0v) is 22.1. The first-order chi connectivity index (χ1) is 18.8. The van der Waals surface area contributed by atoms with Crippen molar-refractivity contribution in [3.05, 3.63) is 69.8 Å². The molecule has 2 aliphatic rings. The third kappa shape index (κ3) is 5.79. The molecule has 1 fully saturated rings. The van der Waals surface area contributed by atoms with Crippen molar-refractivity contribution >= 4 is 58.1 Å². The highest BCUT2D eigenvalue weighted by molar-refractivity contribution is 8.18. The number of halogens is 1. The lowest BCUT2D eigenvalue weighted by atomic mass is 10.1. The molecular weight excluding hydrogens is 548 g/mol. The van der Waals surface area contributed by atoms with E-state index >= 15 is 0 Å². The van der Waals surface area contributed by atoms with Crippen molar-refractivity contribution in [1.29, 1.82) is 0 Å². The van der Waals surface area contributed by atoms with Gasteiger partial charge in [-0.1, -0.05) is 11.6 Å². The molecule has 1 N–H and O–H groups in total. The summed E-state index contributed by atoms with van der Waals surface area (Å²) in [5, 5.41) is 2.33. The summed E-state index contributed by atoms with van der Waals surface area (Å²) < 4.78 is 21.8. The molecule has 200 valence electrons. The summed E-state index contributed by atoms with van der Waals surface area (Å²) >= 11 is 6.83. The maximum atomic E-state index is 12.9. The molecule has 3 amide bonds. The van der Waals surface area contributed by atoms with Crippen LogP contribution in [0.4, 0.5) is 10.5 Å². The Morgan fingerprint density at radius 3 is 2.67 bits per heavy atom. The number of furan rings is 1. The number of ether oxygens (including phenoxy) is 3. The first-order valence-electron chi connectivity index (χ1n) is 11.8. The summed E-state index contributed by atoms with van der Waals surface area (Å²) in [5.41, 5.74) is 1.22. The molecule has 3 aromatic rings. The van der Waals surface area contributed by atoms with Gasteiger partial charge in [0, 0.05) is 23.4 Å². The number of carbonyl (C=O) groups excluding carboxylic acids is 4. The average Bonchev–Trinajstić information content (AvgIpc) is 3.49. The van der Waals surface area contributed by atoms with Gasteiger partial charge >= 0.3 is 5.97 Å². The van der Waals surface area contributed by atoms with E-state index in [1.165, 1.54) is 6.08 Å². The number of nitrogens with zero attached hydrogens (tertiary/aromatic N) is 1. The van der Waals surface area contributed by atoms with Crippen molar-refractivity contribution in [3.8, 4) is 22.8 Å². The number of imide groups is 1. The van der Waals surface area contributed by atoms with Gasteiger partial charge in [0.1, 0.15) is 31.3 Å². The van der Waals surface area contributed by atoms with Gasteiger partial charge in [-0.05, 0) is 61.2 Å². The minimum atomic E-state index is -0.614. The van der Waals surface area contributed by atoms with Crippen LogP contribution in [-0.2, 0) is 14.3 Å². The van der Waals surface area contributed by atoms with Crippen LogP contribution in [0.5, 0.6) is 11.5 Å². The fourth-order valence-corrected chi connectivity index (χ4v) is 4.87. The van der Waals surface area contributed by atoms with Gasteiger partial charge in [-0.3, -0.25) is 19.3 Å². The molecule has 0 saturated carbocycles. The van der Waals surface area contributed by atoms with E-state index in [1.54, 1.807) is 55.5 Å². The standard InChI is InChI=1S/C27H21ClN2O8S/c1-2-35-26(33)18-11-15(3-6-19(18)28)20-8-5-17(38-20)13-23-25(32)30(27(34)39-23)14-24(31)29-16-4-7-21-22(12-16)37-10-9-36-21/h3-8,11-13H,2,9-10,14H2,1H3,(H,29,31)/b23-13+. The lowest BCUT2D eigenvalue weighted by Gasteiger charge is -2.19. The van der Waals surface area contributed by atoms with Crippen LogP contribution in [0.3, 0.4) is 0 Å². The van der Waals surface area contributed by atoms with Crippen molar-refractivity contribution < 1.29 is 37.8 Å². The summed E-state index contributed by atoms with van der Waals surface area (Å²) in [6.07, 6.45) is 1.43. The van der Waals surface area contributed by atoms with Crippen molar-refractivity contribution in [3.63, 3.8) is 0 Å². The SMILES string of the molecule is CCOC(=O)c1cc(-c2ccc(/C=C3/SC(=O)N(CC(=O)Nc4ccc5c(c4)OCCO5)C3=O)o2)ccc1Cl. The van der Waals surface area contributed by atoms with Crippen LogP contribution in [-0.4, -0.2) is 54.3 Å². The Balaban J connectivity index is 1.26. The quantitative estimate of drug-likeness (QED) is 0.301. The zero-order valence-electron chi connectivity index (χ0n) is 20.5. The van der Waals surface area contributed by atoms with Crippen molar-refractivity contribution in [2.75, 3.05) is 31.7 Å². The second-order valence-electron chi connectivity index (χ2n) is 8.29. The van der Waals surface area contributed by atoms with Crippen molar-refractivity contribution in [1.82, 2.24) is 4.90 Å². The molecular formula is C27H21ClN2O8S. The highest BCUT2D eigenvalue weighted by atomic mass is 35.5. The molecule has 2 aromatic carbocycles. The molecule has 0 unspecified atom stereocenters. The number of fused-ring (bicyclic) bond motifs is 1. The maximum absolute atomic E-state index is 12.9. The van der Waals surface area contributed by atoms with E-state index in [1.807, 2.05) is 0 Å². The van der Waals surface area contributed by atoms with Crippen molar-refractivity contribution in [2.24, 2.45) is 0 Å². The Hall–Kier alpha value is -4.22. The number of thioether (sulfide) groups is 1. The Morgan fingerprint density at radius 1 is 1.08 bits per heavy atom. The second kappa shape index (κ2) is 11.3. The van der Waals surface area contributed by atoms with E-state index in [-0.39, 0.29) is 22.1 Å². The molecule has 0 atom stereocenters. The van der Waals surface area contributed by atoms with E-state index in [4.69, 9.17) is 30.2 Å². The summed E-state index contributed by atoms with van der Waals surface area (Å²) in [4.78, 5) is 51.1. The molecule has 1 saturated heterocycles. The molecule has 1 aromatic heterocycles. The second-order valence-corrected chi connectivity index (χ2v) is 9.69. The molecule has 3 heterocycles. The predicted molar refractivity (Wildman–Crippen MR) is 144 cm³/mol. The molecule has 10 nitrogen and oxygen atoms in total. The number of amides is 3. The molecule has 0 spiro atoms. The third-order valence-electron chi connectivity index (χ3n) is 5.65. The lowest BCUT2D eigenvalue weighted by molar-refractivity contribution is -0.127. The van der Waals surface area contributed by atoms with Gasteiger partial charge in [0.05, 0.1) is 22.1 Å². The van der Waals surface area contributed by atoms with Gasteiger partial charge < -0.3 is 23.9 Å². The lowest BCUT2D eigenvalue weighted by Crippen LogP contribution is -2.36. The number of hydrogen-bond acceptors (Lipinski definition) is 9. The summed E-state index contributed by atoms with van der Waals surface area (Å²) in [7, 11) is 0. The van der Waals surface area contributed by atoms with Gasteiger partial charge in [-0.25, -0.2) is 4.79 Å². The molecule has 12 heteroatoms. The zero-order chi connectivity index (χ0) is 27.5. The largest absolute Gasteiger partial charge is 0.486 e. The molecule has 2 aliphatic heterocycles. The van der Waals surface area contributed by atoms with E-state index in [0.29, 0.717) is 59.2 Å². The van der Waals surface area contributed by atoms with E-state index < -0.39 is 29.6 Å². The van der Waals surface area contributed by atoms with Gasteiger partial charge in [0.2, 0.25) is 5.91 Å². The highest BCUT2D eigenvalue weighted by Crippen LogP contribution is 2.35. The van der Waals surface area contributed by atoms with Gasteiger partial charge in [-0.2, -0.15) is 0 Å². The molecule has 0 aliphatic carbocycles. The van der Waals surface area contributed by atoms with Gasteiger partial charge in [0.25, 0.3) is 11.1 Å².